The van der Waals surface area contributed by atoms with Crippen LogP contribution in [0.3, 0.4) is 0 Å². The molecule has 3 heterocycles. The highest BCUT2D eigenvalue weighted by Crippen LogP contribution is 2.43. The third kappa shape index (κ3) is 8.26. The SMILES string of the molecule is CN(CCCOc1cnccc1-c1c(-c2ccccc2)c2ncccc2n1COCCS(C)(C)C)C(=O)OC(C)(C)C. The predicted molar refractivity (Wildman–Crippen MR) is 174 cm³/mol. The highest BCUT2D eigenvalue weighted by atomic mass is 32.3. The van der Waals surface area contributed by atoms with Crippen LogP contribution < -0.4 is 4.74 Å². The molecule has 0 unspecified atom stereocenters. The molecule has 1 amide bonds. The summed E-state index contributed by atoms with van der Waals surface area (Å²) in [5, 5.41) is 0. The molecular formula is C33H44N4O4S. The molecule has 8 nitrogen and oxygen atoms in total. The molecule has 0 N–H and O–H groups in total. The number of fused-ring (bicyclic) bond motifs is 1. The van der Waals surface area contributed by atoms with Crippen molar-refractivity contribution in [1.82, 2.24) is 19.4 Å². The Morgan fingerprint density at radius 2 is 1.76 bits per heavy atom. The van der Waals surface area contributed by atoms with Crippen molar-refractivity contribution in [3.8, 4) is 28.1 Å². The second-order valence-electron chi connectivity index (χ2n) is 12.2. The van der Waals surface area contributed by atoms with Crippen LogP contribution in [0.25, 0.3) is 33.4 Å². The third-order valence-electron chi connectivity index (χ3n) is 6.58. The van der Waals surface area contributed by atoms with E-state index in [-0.39, 0.29) is 6.09 Å². The fourth-order valence-electron chi connectivity index (χ4n) is 4.54. The average molecular weight is 593 g/mol. The van der Waals surface area contributed by atoms with Crippen LogP contribution in [0.15, 0.2) is 67.1 Å². The Labute approximate surface area is 251 Å². The third-order valence-corrected chi connectivity index (χ3v) is 7.98. The summed E-state index contributed by atoms with van der Waals surface area (Å²) in [6, 6.07) is 16.3. The summed E-state index contributed by atoms with van der Waals surface area (Å²) in [4.78, 5) is 23.1. The van der Waals surface area contributed by atoms with E-state index in [4.69, 9.17) is 19.2 Å². The lowest BCUT2D eigenvalue weighted by Crippen LogP contribution is -2.35. The fourth-order valence-corrected chi connectivity index (χ4v) is 5.16. The zero-order valence-electron chi connectivity index (χ0n) is 25.9. The Morgan fingerprint density at radius 3 is 2.48 bits per heavy atom. The summed E-state index contributed by atoms with van der Waals surface area (Å²) < 4.78 is 20.3. The minimum Gasteiger partial charge on any atom is -0.491 e. The summed E-state index contributed by atoms with van der Waals surface area (Å²) in [6.45, 7) is 7.58. The van der Waals surface area contributed by atoms with Crippen molar-refractivity contribution in [1.29, 1.82) is 0 Å². The number of hydrogen-bond donors (Lipinski definition) is 0. The quantitative estimate of drug-likeness (QED) is 0.164. The maximum Gasteiger partial charge on any atom is 0.410 e. The largest absolute Gasteiger partial charge is 0.491 e. The molecule has 42 heavy (non-hydrogen) atoms. The first kappa shape index (κ1) is 31.4. The number of rotatable bonds is 12. The number of aromatic nitrogens is 3. The summed E-state index contributed by atoms with van der Waals surface area (Å²) in [5.74, 6) is 1.70. The van der Waals surface area contributed by atoms with Crippen molar-refractivity contribution >= 4 is 27.2 Å². The summed E-state index contributed by atoms with van der Waals surface area (Å²) in [6.07, 6.45) is 12.6. The van der Waals surface area contributed by atoms with Crippen LogP contribution >= 0.6 is 10.0 Å². The zero-order chi connectivity index (χ0) is 30.3. The van der Waals surface area contributed by atoms with E-state index >= 15 is 0 Å². The number of benzene rings is 1. The van der Waals surface area contributed by atoms with Gasteiger partial charge < -0.3 is 23.7 Å². The molecule has 0 aliphatic rings. The Hall–Kier alpha value is -3.56. The molecule has 0 bridgehead atoms. The minimum atomic E-state index is -0.669. The molecule has 0 spiro atoms. The molecular weight excluding hydrogens is 548 g/mol. The molecule has 0 saturated carbocycles. The molecule has 3 aromatic heterocycles. The Kier molecular flexibility index (Phi) is 10.2. The normalized spacial score (nSPS) is 12.4. The lowest BCUT2D eigenvalue weighted by Gasteiger charge is -2.25. The molecule has 9 heteroatoms. The second kappa shape index (κ2) is 13.6. The maximum atomic E-state index is 12.4. The van der Waals surface area contributed by atoms with E-state index in [1.165, 1.54) is 0 Å². The van der Waals surface area contributed by atoms with E-state index < -0.39 is 15.6 Å². The Bertz CT molecular complexity index is 1480. The first-order valence-electron chi connectivity index (χ1n) is 14.2. The highest BCUT2D eigenvalue weighted by Gasteiger charge is 2.24. The monoisotopic (exact) mass is 592 g/mol. The Morgan fingerprint density at radius 1 is 1.00 bits per heavy atom. The van der Waals surface area contributed by atoms with Crippen molar-refractivity contribution in [2.24, 2.45) is 0 Å². The first-order chi connectivity index (χ1) is 19.9. The summed E-state index contributed by atoms with van der Waals surface area (Å²) in [7, 11) is 1.07. The van der Waals surface area contributed by atoms with Gasteiger partial charge in [-0.2, -0.15) is 0 Å². The zero-order valence-corrected chi connectivity index (χ0v) is 26.7. The minimum absolute atomic E-state index is 0.345. The first-order valence-corrected chi connectivity index (χ1v) is 17.2. The van der Waals surface area contributed by atoms with Crippen LogP contribution in [0.5, 0.6) is 5.75 Å². The molecule has 0 fully saturated rings. The molecule has 1 aromatic carbocycles. The van der Waals surface area contributed by atoms with Gasteiger partial charge in [0.25, 0.3) is 0 Å². The van der Waals surface area contributed by atoms with Crippen LogP contribution in [-0.2, 0) is 16.2 Å². The van der Waals surface area contributed by atoms with E-state index in [9.17, 15) is 4.79 Å². The van der Waals surface area contributed by atoms with E-state index in [2.05, 4.69) is 46.5 Å². The molecule has 0 aliphatic carbocycles. The van der Waals surface area contributed by atoms with Crippen LogP contribution in [0, 0.1) is 0 Å². The van der Waals surface area contributed by atoms with Crippen LogP contribution in [0.4, 0.5) is 4.79 Å². The van der Waals surface area contributed by atoms with Gasteiger partial charge in [0.2, 0.25) is 0 Å². The lowest BCUT2D eigenvalue weighted by molar-refractivity contribution is 0.0292. The van der Waals surface area contributed by atoms with Crippen LogP contribution in [0.2, 0.25) is 0 Å². The number of carbonyl (C=O) groups excluding carboxylic acids is 1. The number of carbonyl (C=O) groups is 1. The number of nitrogens with zero attached hydrogens (tertiary/aromatic N) is 4. The molecule has 4 aromatic rings. The van der Waals surface area contributed by atoms with E-state index in [0.717, 1.165) is 39.2 Å². The van der Waals surface area contributed by atoms with Gasteiger partial charge in [0, 0.05) is 42.9 Å². The number of amides is 1. The summed E-state index contributed by atoms with van der Waals surface area (Å²) in [5.41, 5.74) is 5.34. The van der Waals surface area contributed by atoms with Crippen molar-refractivity contribution in [2.75, 3.05) is 51.3 Å². The van der Waals surface area contributed by atoms with Crippen LogP contribution in [0.1, 0.15) is 27.2 Å². The lowest BCUT2D eigenvalue weighted by atomic mass is 10.0. The highest BCUT2D eigenvalue weighted by molar-refractivity contribution is 8.32. The van der Waals surface area contributed by atoms with E-state index in [1.54, 1.807) is 24.3 Å². The van der Waals surface area contributed by atoms with Gasteiger partial charge >= 0.3 is 6.09 Å². The van der Waals surface area contributed by atoms with Gasteiger partial charge in [-0.3, -0.25) is 9.97 Å². The second-order valence-corrected chi connectivity index (χ2v) is 16.8. The Balaban J connectivity index is 1.66. The number of hydrogen-bond acceptors (Lipinski definition) is 6. The molecule has 4 rings (SSSR count). The standard InChI is InChI=1S/C33H44N4O4S/c1-33(2,3)41-32(38)36(4)19-12-20-40-28-23-34-18-16-26(28)31-29(25-13-9-8-10-14-25)30-27(15-11-17-35-30)37(31)24-39-21-22-42(5,6)7/h8-11,13-18,23H,12,19-22,24H2,1-7H3. The number of ether oxygens (including phenoxy) is 3. The molecule has 0 aliphatic heterocycles. The molecule has 226 valence electrons. The van der Waals surface area contributed by atoms with Crippen LogP contribution in [-0.4, -0.2) is 82.5 Å². The van der Waals surface area contributed by atoms with Crippen molar-refractivity contribution in [3.05, 3.63) is 67.1 Å². The average Bonchev–Trinajstić information content (AvgIpc) is 3.26. The van der Waals surface area contributed by atoms with Gasteiger partial charge in [-0.05, 0) is 69.7 Å². The van der Waals surface area contributed by atoms with E-state index in [0.29, 0.717) is 38.7 Å². The summed E-state index contributed by atoms with van der Waals surface area (Å²) >= 11 is 0. The predicted octanol–water partition coefficient (Wildman–Crippen LogP) is 7.07. The van der Waals surface area contributed by atoms with Gasteiger partial charge in [-0.15, -0.1) is 0 Å². The van der Waals surface area contributed by atoms with Gasteiger partial charge in [-0.25, -0.2) is 14.8 Å². The topological polar surface area (TPSA) is 78.7 Å². The maximum absolute atomic E-state index is 12.4. The fraction of sp³-hybridized carbons (Fsp3) is 0.424. The molecule has 0 radical (unpaired) electrons. The van der Waals surface area contributed by atoms with E-state index in [1.807, 2.05) is 57.3 Å². The van der Waals surface area contributed by atoms with Gasteiger partial charge in [-0.1, -0.05) is 30.3 Å². The van der Waals surface area contributed by atoms with Crippen molar-refractivity contribution in [2.45, 2.75) is 39.5 Å². The molecule has 0 atom stereocenters. The van der Waals surface area contributed by atoms with Crippen molar-refractivity contribution in [3.63, 3.8) is 0 Å². The number of pyridine rings is 2. The van der Waals surface area contributed by atoms with Gasteiger partial charge in [0.1, 0.15) is 18.1 Å². The van der Waals surface area contributed by atoms with Gasteiger partial charge in [0.05, 0.1) is 36.1 Å². The smallest absolute Gasteiger partial charge is 0.410 e. The van der Waals surface area contributed by atoms with Gasteiger partial charge in [0.15, 0.2) is 0 Å². The molecule has 0 saturated heterocycles. The van der Waals surface area contributed by atoms with Crippen molar-refractivity contribution < 1.29 is 19.0 Å².